The maximum atomic E-state index is 10.4. The van der Waals surface area contributed by atoms with Gasteiger partial charge in [-0.3, -0.25) is 4.79 Å². The maximum Gasteiger partial charge on any atom is 0.217 e. The summed E-state index contributed by atoms with van der Waals surface area (Å²) in [6, 6.07) is 0. The predicted octanol–water partition coefficient (Wildman–Crippen LogP) is -0.259. The number of ether oxygens (including phenoxy) is 2. The van der Waals surface area contributed by atoms with Crippen LogP contribution in [0.1, 0.15) is 6.92 Å². The quantitative estimate of drug-likeness (QED) is 0.557. The topological polar surface area (TPSA) is 47.6 Å². The number of rotatable bonds is 4. The zero-order valence-corrected chi connectivity index (χ0v) is 6.51. The molecule has 0 aliphatic rings. The Bertz CT molecular complexity index is 101. The van der Waals surface area contributed by atoms with Crippen LogP contribution in [0.25, 0.3) is 0 Å². The van der Waals surface area contributed by atoms with Gasteiger partial charge in [0.1, 0.15) is 0 Å². The molecule has 0 rings (SSSR count). The fourth-order valence-corrected chi connectivity index (χ4v) is 0.490. The van der Waals surface area contributed by atoms with E-state index in [2.05, 4.69) is 5.32 Å². The van der Waals surface area contributed by atoms with Crippen LogP contribution < -0.4 is 5.32 Å². The largest absolute Gasteiger partial charge is 0.354 e. The van der Waals surface area contributed by atoms with Crippen LogP contribution in [0.2, 0.25) is 0 Å². The van der Waals surface area contributed by atoms with E-state index in [4.69, 9.17) is 9.47 Å². The van der Waals surface area contributed by atoms with Gasteiger partial charge in [0.05, 0.1) is 6.54 Å². The Morgan fingerprint density at radius 2 is 2.00 bits per heavy atom. The van der Waals surface area contributed by atoms with Crippen LogP contribution in [0.15, 0.2) is 0 Å². The zero-order valence-electron chi connectivity index (χ0n) is 6.51. The number of hydrogen-bond acceptors (Lipinski definition) is 3. The molecule has 0 aliphatic heterocycles. The summed E-state index contributed by atoms with van der Waals surface area (Å²) in [5.41, 5.74) is 0. The van der Waals surface area contributed by atoms with Gasteiger partial charge in [-0.25, -0.2) is 0 Å². The molecule has 0 fully saturated rings. The van der Waals surface area contributed by atoms with Crippen molar-refractivity contribution >= 4 is 5.91 Å². The summed E-state index contributed by atoms with van der Waals surface area (Å²) >= 11 is 0. The van der Waals surface area contributed by atoms with E-state index in [0.717, 1.165) is 0 Å². The SMILES string of the molecule is COC(CNC(C)=O)OC. The van der Waals surface area contributed by atoms with Gasteiger partial charge in [0, 0.05) is 21.1 Å². The fraction of sp³-hybridized carbons (Fsp3) is 0.833. The molecular weight excluding hydrogens is 134 g/mol. The predicted molar refractivity (Wildman–Crippen MR) is 36.5 cm³/mol. The molecule has 10 heavy (non-hydrogen) atoms. The Balaban J connectivity index is 3.34. The highest BCUT2D eigenvalue weighted by atomic mass is 16.7. The Morgan fingerprint density at radius 3 is 2.30 bits per heavy atom. The summed E-state index contributed by atoms with van der Waals surface area (Å²) in [6.45, 7) is 1.84. The molecule has 60 valence electrons. The number of carbonyl (C=O) groups is 1. The molecule has 0 saturated carbocycles. The van der Waals surface area contributed by atoms with Gasteiger partial charge in [-0.2, -0.15) is 0 Å². The Labute approximate surface area is 60.5 Å². The highest BCUT2D eigenvalue weighted by Gasteiger charge is 2.03. The van der Waals surface area contributed by atoms with Crippen molar-refractivity contribution in [3.05, 3.63) is 0 Å². The lowest BCUT2D eigenvalue weighted by Crippen LogP contribution is -2.32. The average Bonchev–Trinajstić information content (AvgIpc) is 1.90. The summed E-state index contributed by atoms with van der Waals surface area (Å²) in [5.74, 6) is -0.0842. The molecule has 0 atom stereocenters. The zero-order chi connectivity index (χ0) is 7.98. The van der Waals surface area contributed by atoms with Crippen molar-refractivity contribution in [1.82, 2.24) is 5.32 Å². The van der Waals surface area contributed by atoms with Gasteiger partial charge in [-0.05, 0) is 0 Å². The molecule has 1 N–H and O–H groups in total. The summed E-state index contributed by atoms with van der Waals surface area (Å²) in [7, 11) is 3.05. The second-order valence-electron chi connectivity index (χ2n) is 1.84. The summed E-state index contributed by atoms with van der Waals surface area (Å²) in [5, 5.41) is 2.56. The lowest BCUT2D eigenvalue weighted by Gasteiger charge is -2.12. The maximum absolute atomic E-state index is 10.4. The Hall–Kier alpha value is -0.610. The monoisotopic (exact) mass is 147 g/mol. The van der Waals surface area contributed by atoms with Crippen molar-refractivity contribution in [2.45, 2.75) is 13.2 Å². The third-order valence-corrected chi connectivity index (χ3v) is 1.04. The van der Waals surface area contributed by atoms with Crippen molar-refractivity contribution in [2.75, 3.05) is 20.8 Å². The third kappa shape index (κ3) is 4.29. The minimum atomic E-state index is -0.344. The second kappa shape index (κ2) is 5.20. The number of carbonyl (C=O) groups excluding carboxylic acids is 1. The van der Waals surface area contributed by atoms with E-state index in [9.17, 15) is 4.79 Å². The number of amides is 1. The van der Waals surface area contributed by atoms with Gasteiger partial charge in [0.2, 0.25) is 5.91 Å². The van der Waals surface area contributed by atoms with Gasteiger partial charge >= 0.3 is 0 Å². The molecule has 4 nitrogen and oxygen atoms in total. The van der Waals surface area contributed by atoms with Crippen molar-refractivity contribution in [3.63, 3.8) is 0 Å². The van der Waals surface area contributed by atoms with Crippen LogP contribution >= 0.6 is 0 Å². The van der Waals surface area contributed by atoms with Gasteiger partial charge < -0.3 is 14.8 Å². The van der Waals surface area contributed by atoms with Crippen LogP contribution in [-0.4, -0.2) is 33.0 Å². The number of hydrogen-bond donors (Lipinski definition) is 1. The van der Waals surface area contributed by atoms with E-state index >= 15 is 0 Å². The van der Waals surface area contributed by atoms with Crippen molar-refractivity contribution < 1.29 is 14.3 Å². The van der Waals surface area contributed by atoms with E-state index in [0.29, 0.717) is 6.54 Å². The Kier molecular flexibility index (Phi) is 4.88. The molecule has 0 saturated heterocycles. The second-order valence-corrected chi connectivity index (χ2v) is 1.84. The average molecular weight is 147 g/mol. The molecule has 1 amide bonds. The first-order valence-electron chi connectivity index (χ1n) is 3.00. The fourth-order valence-electron chi connectivity index (χ4n) is 0.490. The molecule has 0 bridgehead atoms. The Morgan fingerprint density at radius 1 is 1.50 bits per heavy atom. The van der Waals surface area contributed by atoms with E-state index in [1.54, 1.807) is 0 Å². The van der Waals surface area contributed by atoms with Gasteiger partial charge in [0.15, 0.2) is 6.29 Å². The first kappa shape index (κ1) is 9.39. The molecule has 0 aromatic carbocycles. The normalized spacial score (nSPS) is 10.0. The minimum absolute atomic E-state index is 0.0842. The number of methoxy groups -OCH3 is 2. The molecular formula is C6H13NO3. The van der Waals surface area contributed by atoms with E-state index < -0.39 is 0 Å². The standard InChI is InChI=1S/C6H13NO3/c1-5(8)7-4-6(9-2)10-3/h6H,4H2,1-3H3,(H,7,8). The molecule has 0 heterocycles. The van der Waals surface area contributed by atoms with E-state index in [1.807, 2.05) is 0 Å². The van der Waals surface area contributed by atoms with Crippen molar-refractivity contribution in [1.29, 1.82) is 0 Å². The summed E-state index contributed by atoms with van der Waals surface area (Å²) < 4.78 is 9.63. The molecule has 0 spiro atoms. The number of nitrogens with one attached hydrogen (secondary N) is 1. The molecule has 0 aromatic heterocycles. The highest BCUT2D eigenvalue weighted by Crippen LogP contribution is 1.86. The van der Waals surface area contributed by atoms with Crippen LogP contribution in [0.5, 0.6) is 0 Å². The molecule has 4 heteroatoms. The lowest BCUT2D eigenvalue weighted by atomic mass is 10.6. The van der Waals surface area contributed by atoms with Crippen LogP contribution in [0, 0.1) is 0 Å². The molecule has 0 aliphatic carbocycles. The van der Waals surface area contributed by atoms with Crippen LogP contribution in [0.4, 0.5) is 0 Å². The van der Waals surface area contributed by atoms with E-state index in [-0.39, 0.29) is 12.2 Å². The lowest BCUT2D eigenvalue weighted by molar-refractivity contribution is -0.125. The molecule has 0 aromatic rings. The third-order valence-electron chi connectivity index (χ3n) is 1.04. The summed E-state index contributed by atoms with van der Waals surface area (Å²) in [6.07, 6.45) is -0.344. The first-order chi connectivity index (χ1) is 4.70. The van der Waals surface area contributed by atoms with Crippen molar-refractivity contribution in [3.8, 4) is 0 Å². The molecule has 0 unspecified atom stereocenters. The van der Waals surface area contributed by atoms with Gasteiger partial charge in [-0.1, -0.05) is 0 Å². The van der Waals surface area contributed by atoms with Crippen LogP contribution in [0.3, 0.4) is 0 Å². The smallest absolute Gasteiger partial charge is 0.217 e. The summed E-state index contributed by atoms with van der Waals surface area (Å²) in [4.78, 5) is 10.4. The molecule has 0 radical (unpaired) electrons. The van der Waals surface area contributed by atoms with E-state index in [1.165, 1.54) is 21.1 Å². The van der Waals surface area contributed by atoms with Crippen LogP contribution in [-0.2, 0) is 14.3 Å². The van der Waals surface area contributed by atoms with Gasteiger partial charge in [0.25, 0.3) is 0 Å². The minimum Gasteiger partial charge on any atom is -0.354 e. The van der Waals surface area contributed by atoms with Gasteiger partial charge in [-0.15, -0.1) is 0 Å². The highest BCUT2D eigenvalue weighted by molar-refractivity contribution is 5.72. The first-order valence-corrected chi connectivity index (χ1v) is 3.00. The van der Waals surface area contributed by atoms with Crippen molar-refractivity contribution in [2.24, 2.45) is 0 Å².